The van der Waals surface area contributed by atoms with E-state index in [1.807, 2.05) is 36.4 Å². The van der Waals surface area contributed by atoms with E-state index >= 15 is 0 Å². The van der Waals surface area contributed by atoms with Crippen molar-refractivity contribution >= 4 is 23.4 Å². The molecule has 166 valence electrons. The second kappa shape index (κ2) is 8.55. The molecule has 1 aromatic heterocycles. The van der Waals surface area contributed by atoms with Gasteiger partial charge in [-0.15, -0.1) is 5.10 Å². The minimum atomic E-state index is -0.363. The monoisotopic (exact) mass is 453 g/mol. The number of rotatable bonds is 5. The number of carbonyl (C=O) groups is 1. The predicted molar refractivity (Wildman–Crippen MR) is 121 cm³/mol. The van der Waals surface area contributed by atoms with Crippen LogP contribution >= 0.6 is 11.8 Å². The zero-order chi connectivity index (χ0) is 22.2. The van der Waals surface area contributed by atoms with Crippen molar-refractivity contribution in [1.29, 1.82) is 0 Å². The average molecular weight is 454 g/mol. The molecule has 2 aliphatic rings. The van der Waals surface area contributed by atoms with Crippen molar-refractivity contribution in [2.75, 3.05) is 38.2 Å². The van der Waals surface area contributed by atoms with Gasteiger partial charge in [0.25, 0.3) is 5.91 Å². The molecule has 1 fully saturated rings. The minimum Gasteiger partial charge on any atom is -0.497 e. The van der Waals surface area contributed by atoms with Crippen LogP contribution in [0.4, 0.5) is 10.1 Å². The van der Waals surface area contributed by atoms with E-state index in [1.54, 1.807) is 20.1 Å². The van der Waals surface area contributed by atoms with Gasteiger partial charge >= 0.3 is 0 Å². The molecule has 0 bridgehead atoms. The van der Waals surface area contributed by atoms with Crippen molar-refractivity contribution in [3.8, 4) is 5.75 Å². The van der Waals surface area contributed by atoms with Crippen LogP contribution in [0, 0.1) is 12.7 Å². The van der Waals surface area contributed by atoms with E-state index in [2.05, 4.69) is 19.9 Å². The van der Waals surface area contributed by atoms with Crippen molar-refractivity contribution in [2.45, 2.75) is 23.4 Å². The molecule has 0 amide bonds. The van der Waals surface area contributed by atoms with Crippen LogP contribution in [0.25, 0.3) is 0 Å². The van der Waals surface area contributed by atoms with Gasteiger partial charge in [-0.05, 0) is 36.8 Å². The summed E-state index contributed by atoms with van der Waals surface area (Å²) >= 11 is 1.46. The number of thioether (sulfide) groups is 1. The number of halogens is 1. The maximum Gasteiger partial charge on any atom is 0.264 e. The highest BCUT2D eigenvalue weighted by atomic mass is 32.2. The number of hydrogen-bond acceptors (Lipinski definition) is 7. The van der Waals surface area contributed by atoms with Crippen LogP contribution in [0.2, 0.25) is 0 Å². The van der Waals surface area contributed by atoms with Crippen molar-refractivity contribution in [3.63, 3.8) is 0 Å². The Morgan fingerprint density at radius 3 is 2.62 bits per heavy atom. The molecule has 0 spiro atoms. The average Bonchev–Trinajstić information content (AvgIpc) is 3.32. The molecule has 5 rings (SSSR count). The number of anilines is 1. The van der Waals surface area contributed by atoms with Crippen LogP contribution in [0.3, 0.4) is 0 Å². The van der Waals surface area contributed by atoms with Gasteiger partial charge in [-0.25, -0.2) is 9.37 Å². The highest BCUT2D eigenvalue weighted by Gasteiger charge is 2.43. The molecule has 1 saturated heterocycles. The smallest absolute Gasteiger partial charge is 0.264 e. The summed E-state index contributed by atoms with van der Waals surface area (Å²) in [5.74, 6) is 1.07. The highest BCUT2D eigenvalue weighted by molar-refractivity contribution is 8.00. The molecular weight excluding hydrogens is 429 g/mol. The van der Waals surface area contributed by atoms with Crippen LogP contribution in [-0.2, 0) is 0 Å². The number of hydrogen-bond donors (Lipinski definition) is 0. The van der Waals surface area contributed by atoms with Gasteiger partial charge in [0.2, 0.25) is 0 Å². The quantitative estimate of drug-likeness (QED) is 0.587. The number of nitrogens with zero attached hydrogens (tertiary/aromatic N) is 5. The zero-order valence-corrected chi connectivity index (χ0v) is 18.8. The van der Waals surface area contributed by atoms with Crippen molar-refractivity contribution in [1.82, 2.24) is 19.7 Å². The van der Waals surface area contributed by atoms with Gasteiger partial charge in [-0.1, -0.05) is 36.0 Å². The molecule has 0 N–H and O–H groups in total. The van der Waals surface area contributed by atoms with Crippen LogP contribution in [-0.4, -0.2) is 64.1 Å². The molecule has 2 unspecified atom stereocenters. The van der Waals surface area contributed by atoms with Gasteiger partial charge in [0, 0.05) is 26.2 Å². The van der Waals surface area contributed by atoms with E-state index in [9.17, 15) is 9.18 Å². The van der Waals surface area contributed by atoms with E-state index in [-0.39, 0.29) is 23.0 Å². The van der Waals surface area contributed by atoms with Crippen molar-refractivity contribution < 1.29 is 13.9 Å². The van der Waals surface area contributed by atoms with Crippen LogP contribution in [0.1, 0.15) is 22.2 Å². The Kier molecular flexibility index (Phi) is 5.60. The van der Waals surface area contributed by atoms with Crippen LogP contribution in [0.15, 0.2) is 53.7 Å². The van der Waals surface area contributed by atoms with E-state index in [0.717, 1.165) is 11.3 Å². The van der Waals surface area contributed by atoms with E-state index in [1.165, 1.54) is 22.5 Å². The number of fused-ring (bicyclic) bond motifs is 1. The van der Waals surface area contributed by atoms with E-state index in [0.29, 0.717) is 42.8 Å². The first kappa shape index (κ1) is 21.0. The molecule has 0 radical (unpaired) electrons. The lowest BCUT2D eigenvalue weighted by Gasteiger charge is -2.41. The third-order valence-corrected chi connectivity index (χ3v) is 7.18. The number of benzene rings is 2. The highest BCUT2D eigenvalue weighted by Crippen LogP contribution is 2.42. The molecule has 0 saturated carbocycles. The number of ether oxygens (including phenoxy) is 1. The van der Waals surface area contributed by atoms with Gasteiger partial charge in [0.1, 0.15) is 22.6 Å². The first-order valence-corrected chi connectivity index (χ1v) is 11.4. The fourth-order valence-electron chi connectivity index (χ4n) is 4.45. The Labute approximate surface area is 190 Å². The van der Waals surface area contributed by atoms with Gasteiger partial charge in [-0.3, -0.25) is 9.69 Å². The van der Waals surface area contributed by atoms with Gasteiger partial charge in [0.15, 0.2) is 5.16 Å². The Balaban J connectivity index is 1.43. The number of para-hydroxylation sites is 1. The second-order valence-electron chi connectivity index (χ2n) is 7.93. The summed E-state index contributed by atoms with van der Waals surface area (Å²) in [5.41, 5.74) is 1.63. The molecule has 3 heterocycles. The summed E-state index contributed by atoms with van der Waals surface area (Å²) in [7, 11) is 1.64. The topological polar surface area (TPSA) is 63.5 Å². The third-order valence-electron chi connectivity index (χ3n) is 5.99. The Hall–Kier alpha value is -2.91. The summed E-state index contributed by atoms with van der Waals surface area (Å²) in [6, 6.07) is 14.6. The number of piperazine rings is 1. The molecular formula is C23H24FN5O2S. The zero-order valence-electron chi connectivity index (χ0n) is 17.9. The lowest BCUT2D eigenvalue weighted by Crippen LogP contribution is -2.50. The van der Waals surface area contributed by atoms with Crippen LogP contribution < -0.4 is 9.64 Å². The first-order valence-electron chi connectivity index (χ1n) is 10.6. The van der Waals surface area contributed by atoms with Gasteiger partial charge in [0.05, 0.1) is 18.8 Å². The number of methoxy groups -OCH3 is 1. The SMILES string of the molecule is COc1cccc(C(C2Sc3nc(C)nn3C2=O)N2CCN(c3ccccc3F)CC2)c1. The minimum absolute atomic E-state index is 0.0602. The molecule has 3 aromatic rings. The summed E-state index contributed by atoms with van der Waals surface area (Å²) in [4.78, 5) is 22.1. The standard InChI is InChI=1S/C23H24FN5O2S/c1-15-25-23-29(26-15)22(30)21(32-23)20(16-6-5-7-17(14-16)31-2)28-12-10-27(11-13-28)19-9-4-3-8-18(19)24/h3-9,14,20-21H,10-13H2,1-2H3. The lowest BCUT2D eigenvalue weighted by molar-refractivity contribution is 0.0830. The third kappa shape index (κ3) is 3.75. The van der Waals surface area contributed by atoms with Gasteiger partial charge < -0.3 is 9.64 Å². The summed E-state index contributed by atoms with van der Waals surface area (Å²) in [5, 5.41) is 4.55. The molecule has 2 aromatic carbocycles. The summed E-state index contributed by atoms with van der Waals surface area (Å²) in [6.45, 7) is 4.55. The van der Waals surface area contributed by atoms with E-state index < -0.39 is 0 Å². The Bertz CT molecular complexity index is 1140. The number of aromatic nitrogens is 3. The lowest BCUT2D eigenvalue weighted by atomic mass is 9.99. The fourth-order valence-corrected chi connectivity index (χ4v) is 5.75. The second-order valence-corrected chi connectivity index (χ2v) is 9.03. The fraction of sp³-hybridized carbons (Fsp3) is 0.348. The molecule has 7 nitrogen and oxygen atoms in total. The van der Waals surface area contributed by atoms with Gasteiger partial charge in [-0.2, -0.15) is 4.68 Å². The number of aryl methyl sites for hydroxylation is 1. The molecule has 32 heavy (non-hydrogen) atoms. The number of carbonyl (C=O) groups excluding carboxylic acids is 1. The summed E-state index contributed by atoms with van der Waals surface area (Å²) in [6.07, 6.45) is 0. The molecule has 0 aliphatic carbocycles. The predicted octanol–water partition coefficient (Wildman–Crippen LogP) is 3.41. The first-order chi connectivity index (χ1) is 15.5. The Morgan fingerprint density at radius 2 is 1.91 bits per heavy atom. The van der Waals surface area contributed by atoms with Crippen molar-refractivity contribution in [2.24, 2.45) is 0 Å². The largest absolute Gasteiger partial charge is 0.497 e. The van der Waals surface area contributed by atoms with E-state index in [4.69, 9.17) is 4.74 Å². The van der Waals surface area contributed by atoms with Crippen molar-refractivity contribution in [3.05, 3.63) is 65.7 Å². The maximum absolute atomic E-state index is 14.3. The summed E-state index contributed by atoms with van der Waals surface area (Å²) < 4.78 is 21.2. The molecule has 9 heteroatoms. The maximum atomic E-state index is 14.3. The Morgan fingerprint density at radius 1 is 1.12 bits per heavy atom. The molecule has 2 aliphatic heterocycles. The van der Waals surface area contributed by atoms with Crippen LogP contribution in [0.5, 0.6) is 5.75 Å². The molecule has 2 atom stereocenters. The normalized spacial score (nSPS) is 19.8.